The number of nitrogens with one attached hydrogen (secondary N) is 2. The molecule has 0 radical (unpaired) electrons. The Morgan fingerprint density at radius 3 is 2.54 bits per heavy atom. The van der Waals surface area contributed by atoms with Crippen molar-refractivity contribution in [2.75, 3.05) is 11.1 Å². The minimum atomic E-state index is -2.74. The average molecular weight is 533 g/mol. The fraction of sp³-hybridized carbons (Fsp3) is 0.294. The van der Waals surface area contributed by atoms with Crippen molar-refractivity contribution in [3.05, 3.63) is 51.2 Å². The zero-order valence-electron chi connectivity index (χ0n) is 15.2. The van der Waals surface area contributed by atoms with Crippen molar-refractivity contribution in [3.8, 4) is 0 Å². The molecule has 2 heterocycles. The summed E-state index contributed by atoms with van der Waals surface area (Å²) in [4.78, 5) is 25.9. The van der Waals surface area contributed by atoms with Crippen molar-refractivity contribution in [3.63, 3.8) is 0 Å². The van der Waals surface area contributed by atoms with Crippen molar-refractivity contribution in [2.45, 2.75) is 29.8 Å². The van der Waals surface area contributed by atoms with Crippen molar-refractivity contribution < 1.29 is 4.21 Å². The van der Waals surface area contributed by atoms with Gasteiger partial charge in [0, 0.05) is 17.2 Å². The molecule has 0 spiro atoms. The summed E-state index contributed by atoms with van der Waals surface area (Å²) in [6.07, 6.45) is 0. The molecule has 3 aromatic rings. The highest BCUT2D eigenvalue weighted by Crippen LogP contribution is 2.18. The van der Waals surface area contributed by atoms with Crippen LogP contribution in [0.25, 0.3) is 11.2 Å². The molecule has 8 nitrogen and oxygen atoms in total. The molecule has 0 fully saturated rings. The number of halogens is 2. The monoisotopic (exact) mass is 532 g/mol. The third-order valence-corrected chi connectivity index (χ3v) is 6.93. The Kier molecular flexibility index (Phi) is 6.20. The van der Waals surface area contributed by atoms with Gasteiger partial charge in [-0.1, -0.05) is 41.6 Å². The summed E-state index contributed by atoms with van der Waals surface area (Å²) in [7, 11) is -2.74. The summed E-state index contributed by atoms with van der Waals surface area (Å²) in [5.74, 6) is 0.465. The second kappa shape index (κ2) is 8.29. The van der Waals surface area contributed by atoms with Gasteiger partial charge in [-0.15, -0.1) is 0 Å². The lowest BCUT2D eigenvalue weighted by atomic mass is 10.2. The van der Waals surface area contributed by atoms with Gasteiger partial charge in [0.1, 0.15) is 5.52 Å². The van der Waals surface area contributed by atoms with Crippen molar-refractivity contribution in [1.82, 2.24) is 19.5 Å². The van der Waals surface area contributed by atoms with Crippen LogP contribution in [0, 0.1) is 11.7 Å². The number of benzene rings is 1. The maximum absolute atomic E-state index is 12.7. The highest BCUT2D eigenvalue weighted by molar-refractivity contribution is 14.1. The zero-order chi connectivity index (χ0) is 20.5. The van der Waals surface area contributed by atoms with Crippen molar-refractivity contribution in [1.29, 1.82) is 4.78 Å². The van der Waals surface area contributed by atoms with E-state index >= 15 is 0 Å². The molecule has 0 aliphatic heterocycles. The van der Waals surface area contributed by atoms with Gasteiger partial charge in [-0.25, -0.2) is 19.0 Å². The molecule has 0 aliphatic carbocycles. The highest BCUT2D eigenvalue weighted by Gasteiger charge is 2.15. The molecule has 3 rings (SSSR count). The summed E-state index contributed by atoms with van der Waals surface area (Å²) >= 11 is 8.00. The molecule has 1 aromatic carbocycles. The molecule has 148 valence electrons. The predicted octanol–water partition coefficient (Wildman–Crippen LogP) is 3.58. The van der Waals surface area contributed by atoms with Gasteiger partial charge in [-0.2, -0.15) is 4.98 Å². The van der Waals surface area contributed by atoms with Crippen molar-refractivity contribution >= 4 is 60.9 Å². The van der Waals surface area contributed by atoms with Crippen LogP contribution in [0.15, 0.2) is 34.0 Å². The van der Waals surface area contributed by atoms with Gasteiger partial charge in [-0.05, 0) is 36.2 Å². The molecule has 11 heteroatoms. The molecule has 28 heavy (non-hydrogen) atoms. The molecule has 0 aliphatic rings. The van der Waals surface area contributed by atoms with Crippen LogP contribution in [0.4, 0.5) is 5.82 Å². The van der Waals surface area contributed by atoms with E-state index in [0.717, 1.165) is 5.56 Å². The number of hydrogen-bond donors (Lipinski definition) is 2. The van der Waals surface area contributed by atoms with E-state index in [0.29, 0.717) is 32.8 Å². The first kappa shape index (κ1) is 20.9. The fourth-order valence-corrected chi connectivity index (χ4v) is 4.38. The predicted molar refractivity (Wildman–Crippen MR) is 119 cm³/mol. The summed E-state index contributed by atoms with van der Waals surface area (Å²) in [5.41, 5.74) is 2.08. The summed E-state index contributed by atoms with van der Waals surface area (Å²) in [6.45, 7) is 3.85. The normalized spacial score (nSPS) is 13.4. The standard InChI is InChI=1S/C17H18ClIN6O2S/c1-3-28(20,27)12-6-4-11(5-7-12)8-21-14-16(26)25(9-19)15-13(23-14)10(2)22-17(18)24-15/h4-7,20H,3,8-9H2,1-2H3,(H,21,23). The Morgan fingerprint density at radius 1 is 1.25 bits per heavy atom. The Labute approximate surface area is 180 Å². The molecule has 1 unspecified atom stereocenters. The van der Waals surface area contributed by atoms with Gasteiger partial charge >= 0.3 is 0 Å². The molecular weight excluding hydrogens is 515 g/mol. The number of rotatable bonds is 6. The Morgan fingerprint density at radius 2 is 1.93 bits per heavy atom. The summed E-state index contributed by atoms with van der Waals surface area (Å²) < 4.78 is 21.8. The topological polar surface area (TPSA) is 114 Å². The Balaban J connectivity index is 1.93. The lowest BCUT2D eigenvalue weighted by molar-refractivity contribution is 0.675. The quantitative estimate of drug-likeness (QED) is 0.285. The van der Waals surface area contributed by atoms with E-state index in [9.17, 15) is 9.00 Å². The van der Waals surface area contributed by atoms with Gasteiger partial charge in [0.25, 0.3) is 5.56 Å². The van der Waals surface area contributed by atoms with Crippen LogP contribution >= 0.6 is 34.2 Å². The lowest BCUT2D eigenvalue weighted by Crippen LogP contribution is -2.25. The first-order valence-corrected chi connectivity index (χ1v) is 12.0. The number of nitrogens with zero attached hydrogens (tertiary/aromatic N) is 4. The van der Waals surface area contributed by atoms with Crippen LogP contribution in [-0.4, -0.2) is 29.5 Å². The Hall–Kier alpha value is -1.79. The van der Waals surface area contributed by atoms with E-state index in [1.165, 1.54) is 4.57 Å². The van der Waals surface area contributed by atoms with Crippen molar-refractivity contribution in [2.24, 2.45) is 0 Å². The smallest absolute Gasteiger partial charge is 0.295 e. The van der Waals surface area contributed by atoms with Gasteiger partial charge in [0.2, 0.25) is 5.28 Å². The first-order chi connectivity index (χ1) is 13.3. The molecule has 2 N–H and O–H groups in total. The Bertz CT molecular complexity index is 1190. The SMILES string of the molecule is CCS(=N)(=O)c1ccc(CNc2nc3c(C)nc(Cl)nc3n(CI)c2=O)cc1. The highest BCUT2D eigenvalue weighted by atomic mass is 127. The number of anilines is 1. The van der Waals surface area contributed by atoms with Crippen LogP contribution in [0.3, 0.4) is 0 Å². The maximum Gasteiger partial charge on any atom is 0.295 e. The van der Waals surface area contributed by atoms with Crippen LogP contribution < -0.4 is 10.9 Å². The number of aromatic nitrogens is 4. The first-order valence-electron chi connectivity index (χ1n) is 8.36. The fourth-order valence-electron chi connectivity index (χ4n) is 2.63. The molecule has 2 aromatic heterocycles. The van der Waals surface area contributed by atoms with E-state index in [1.54, 1.807) is 38.1 Å². The van der Waals surface area contributed by atoms with Crippen LogP contribution in [0.5, 0.6) is 0 Å². The van der Waals surface area contributed by atoms with Gasteiger partial charge in [-0.3, -0.25) is 9.36 Å². The third-order valence-electron chi connectivity index (χ3n) is 4.23. The minimum Gasteiger partial charge on any atom is -0.361 e. The number of alkyl halides is 1. The van der Waals surface area contributed by atoms with E-state index in [-0.39, 0.29) is 22.4 Å². The summed E-state index contributed by atoms with van der Waals surface area (Å²) in [6, 6.07) is 6.95. The maximum atomic E-state index is 12.7. The molecule has 0 saturated carbocycles. The van der Waals surface area contributed by atoms with Crippen LogP contribution in [0.2, 0.25) is 5.28 Å². The minimum absolute atomic E-state index is 0.0728. The molecule has 0 saturated heterocycles. The molecular formula is C17H18ClIN6O2S. The van der Waals surface area contributed by atoms with E-state index in [1.807, 2.05) is 0 Å². The molecule has 0 bridgehead atoms. The van der Waals surface area contributed by atoms with E-state index in [2.05, 4.69) is 42.9 Å². The third kappa shape index (κ3) is 4.13. The molecule has 1 atom stereocenters. The van der Waals surface area contributed by atoms with E-state index < -0.39 is 9.73 Å². The van der Waals surface area contributed by atoms with Crippen LogP contribution in [-0.2, 0) is 20.8 Å². The average Bonchev–Trinajstić information content (AvgIpc) is 2.67. The van der Waals surface area contributed by atoms with E-state index in [4.69, 9.17) is 16.4 Å². The van der Waals surface area contributed by atoms with Gasteiger partial charge in [0.15, 0.2) is 11.5 Å². The second-order valence-corrected chi connectivity index (χ2v) is 9.44. The summed E-state index contributed by atoms with van der Waals surface area (Å²) in [5, 5.41) is 3.13. The van der Waals surface area contributed by atoms with Crippen LogP contribution in [0.1, 0.15) is 18.2 Å². The lowest BCUT2D eigenvalue weighted by Gasteiger charge is -2.12. The van der Waals surface area contributed by atoms with Gasteiger partial charge in [0.05, 0.1) is 20.0 Å². The number of fused-ring (bicyclic) bond motifs is 1. The zero-order valence-corrected chi connectivity index (χ0v) is 18.9. The van der Waals surface area contributed by atoms with Gasteiger partial charge < -0.3 is 5.32 Å². The second-order valence-electron chi connectivity index (χ2n) is 6.02. The number of hydrogen-bond acceptors (Lipinski definition) is 7. The molecule has 0 amide bonds. The largest absolute Gasteiger partial charge is 0.361 e. The number of aryl methyl sites for hydroxylation is 1.